The van der Waals surface area contributed by atoms with Gasteiger partial charge in [0, 0.05) is 25.2 Å². The molecule has 0 aliphatic carbocycles. The Morgan fingerprint density at radius 3 is 2.53 bits per heavy atom. The fourth-order valence-electron chi connectivity index (χ4n) is 2.78. The van der Waals surface area contributed by atoms with Gasteiger partial charge in [0.15, 0.2) is 0 Å². The molecule has 15 heavy (non-hydrogen) atoms. The van der Waals surface area contributed by atoms with Crippen molar-refractivity contribution in [2.24, 2.45) is 11.8 Å². The molecule has 1 aliphatic rings. The number of nitrogens with zero attached hydrogens (tertiary/aromatic N) is 1. The lowest BCUT2D eigenvalue weighted by Crippen LogP contribution is -2.50. The first-order valence-electron chi connectivity index (χ1n) is 6.49. The van der Waals surface area contributed by atoms with Crippen LogP contribution in [0.1, 0.15) is 40.5 Å². The monoisotopic (exact) mass is 212 g/mol. The number of hydrogen-bond acceptors (Lipinski definition) is 2. The zero-order valence-corrected chi connectivity index (χ0v) is 11.1. The molecule has 1 aliphatic heterocycles. The number of likely N-dealkylation sites (N-methyl/N-ethyl adjacent to an activating group) is 1. The first-order valence-corrected chi connectivity index (χ1v) is 6.49. The van der Waals surface area contributed by atoms with E-state index in [2.05, 4.69) is 45.0 Å². The molecule has 1 fully saturated rings. The van der Waals surface area contributed by atoms with Gasteiger partial charge in [0.05, 0.1) is 0 Å². The van der Waals surface area contributed by atoms with E-state index in [1.54, 1.807) is 0 Å². The van der Waals surface area contributed by atoms with E-state index in [1.165, 1.54) is 25.9 Å². The summed E-state index contributed by atoms with van der Waals surface area (Å²) < 4.78 is 0. The Bertz CT molecular complexity index is 177. The van der Waals surface area contributed by atoms with Crippen molar-refractivity contribution in [3.05, 3.63) is 0 Å². The fourth-order valence-corrected chi connectivity index (χ4v) is 2.78. The van der Waals surface area contributed by atoms with Crippen LogP contribution in [0.3, 0.4) is 0 Å². The van der Waals surface area contributed by atoms with Gasteiger partial charge in [-0.1, -0.05) is 20.8 Å². The minimum absolute atomic E-state index is 0.657. The van der Waals surface area contributed by atoms with Gasteiger partial charge in [-0.2, -0.15) is 0 Å². The summed E-state index contributed by atoms with van der Waals surface area (Å²) in [5.74, 6) is 1.72. The van der Waals surface area contributed by atoms with Gasteiger partial charge in [0.2, 0.25) is 0 Å². The molecule has 4 unspecified atom stereocenters. The molecule has 0 bridgehead atoms. The second-order valence-corrected chi connectivity index (χ2v) is 5.41. The summed E-state index contributed by atoms with van der Waals surface area (Å²) in [6.07, 6.45) is 2.62. The van der Waals surface area contributed by atoms with Crippen molar-refractivity contribution in [1.82, 2.24) is 10.2 Å². The maximum absolute atomic E-state index is 3.41. The Morgan fingerprint density at radius 1 is 1.33 bits per heavy atom. The van der Waals surface area contributed by atoms with Crippen LogP contribution in [-0.2, 0) is 0 Å². The van der Waals surface area contributed by atoms with Crippen LogP contribution in [0, 0.1) is 11.8 Å². The van der Waals surface area contributed by atoms with E-state index in [9.17, 15) is 0 Å². The number of nitrogens with one attached hydrogen (secondary N) is 1. The molecule has 0 amide bonds. The molecule has 0 aromatic heterocycles. The lowest BCUT2D eigenvalue weighted by atomic mass is 9.85. The van der Waals surface area contributed by atoms with Crippen molar-refractivity contribution >= 4 is 0 Å². The highest BCUT2D eigenvalue weighted by Crippen LogP contribution is 2.26. The minimum atomic E-state index is 0.657. The van der Waals surface area contributed by atoms with Crippen LogP contribution in [-0.4, -0.2) is 37.1 Å². The third kappa shape index (κ3) is 3.46. The smallest absolute Gasteiger partial charge is 0.0189 e. The zero-order valence-electron chi connectivity index (χ0n) is 11.1. The number of likely N-dealkylation sites (tertiary alicyclic amines) is 1. The van der Waals surface area contributed by atoms with Gasteiger partial charge in [-0.25, -0.2) is 0 Å². The fraction of sp³-hybridized carbons (Fsp3) is 1.00. The number of piperidine rings is 1. The SMILES string of the molecule is CCC(CN1CC(C)CC(C)C1C)NC. The van der Waals surface area contributed by atoms with Gasteiger partial charge in [-0.05, 0) is 38.6 Å². The van der Waals surface area contributed by atoms with Crippen LogP contribution in [0.2, 0.25) is 0 Å². The first-order chi connectivity index (χ1) is 7.08. The molecule has 0 spiro atoms. The molecule has 4 atom stereocenters. The molecule has 2 nitrogen and oxygen atoms in total. The summed E-state index contributed by atoms with van der Waals surface area (Å²) in [5.41, 5.74) is 0. The van der Waals surface area contributed by atoms with Crippen LogP contribution < -0.4 is 5.32 Å². The maximum atomic E-state index is 3.41. The van der Waals surface area contributed by atoms with Gasteiger partial charge < -0.3 is 5.32 Å². The quantitative estimate of drug-likeness (QED) is 0.769. The standard InChI is InChI=1S/C13H28N2/c1-6-13(14-5)9-15-8-10(2)7-11(3)12(15)4/h10-14H,6-9H2,1-5H3. The van der Waals surface area contributed by atoms with Crippen molar-refractivity contribution in [1.29, 1.82) is 0 Å². The Hall–Kier alpha value is -0.0800. The molecule has 0 aromatic carbocycles. The third-order valence-electron chi connectivity index (χ3n) is 4.08. The highest BCUT2D eigenvalue weighted by molar-refractivity contribution is 4.84. The Kier molecular flexibility index (Phi) is 5.07. The van der Waals surface area contributed by atoms with Crippen LogP contribution in [0.25, 0.3) is 0 Å². The zero-order chi connectivity index (χ0) is 11.4. The molecule has 0 radical (unpaired) electrons. The molecule has 1 rings (SSSR count). The molecule has 1 heterocycles. The molecule has 90 valence electrons. The molecule has 2 heteroatoms. The predicted molar refractivity (Wildman–Crippen MR) is 67.1 cm³/mol. The lowest BCUT2D eigenvalue weighted by Gasteiger charge is -2.42. The minimum Gasteiger partial charge on any atom is -0.316 e. The van der Waals surface area contributed by atoms with Crippen molar-refractivity contribution in [2.45, 2.75) is 52.6 Å². The van der Waals surface area contributed by atoms with Crippen LogP contribution in [0.4, 0.5) is 0 Å². The Morgan fingerprint density at radius 2 is 2.00 bits per heavy atom. The average molecular weight is 212 g/mol. The van der Waals surface area contributed by atoms with Gasteiger partial charge in [0.25, 0.3) is 0 Å². The van der Waals surface area contributed by atoms with Gasteiger partial charge in [0.1, 0.15) is 0 Å². The molecule has 1 N–H and O–H groups in total. The molecular weight excluding hydrogens is 184 g/mol. The first kappa shape index (κ1) is 13.0. The van der Waals surface area contributed by atoms with Gasteiger partial charge >= 0.3 is 0 Å². The van der Waals surface area contributed by atoms with Crippen molar-refractivity contribution in [2.75, 3.05) is 20.1 Å². The molecule has 0 saturated carbocycles. The highest BCUT2D eigenvalue weighted by atomic mass is 15.2. The second-order valence-electron chi connectivity index (χ2n) is 5.41. The second kappa shape index (κ2) is 5.86. The summed E-state index contributed by atoms with van der Waals surface area (Å²) in [6.45, 7) is 11.9. The van der Waals surface area contributed by atoms with E-state index in [4.69, 9.17) is 0 Å². The third-order valence-corrected chi connectivity index (χ3v) is 4.08. The van der Waals surface area contributed by atoms with Crippen molar-refractivity contribution in [3.63, 3.8) is 0 Å². The van der Waals surface area contributed by atoms with E-state index < -0.39 is 0 Å². The Labute approximate surface area is 95.4 Å². The summed E-state index contributed by atoms with van der Waals surface area (Å²) in [6, 6.07) is 1.41. The van der Waals surface area contributed by atoms with Crippen LogP contribution in [0.15, 0.2) is 0 Å². The average Bonchev–Trinajstić information content (AvgIpc) is 2.21. The van der Waals surface area contributed by atoms with Crippen LogP contribution >= 0.6 is 0 Å². The van der Waals surface area contributed by atoms with Crippen molar-refractivity contribution < 1.29 is 0 Å². The number of hydrogen-bond donors (Lipinski definition) is 1. The van der Waals surface area contributed by atoms with E-state index in [0.29, 0.717) is 6.04 Å². The summed E-state index contributed by atoms with van der Waals surface area (Å²) in [7, 11) is 2.08. The van der Waals surface area contributed by atoms with E-state index in [-0.39, 0.29) is 0 Å². The largest absolute Gasteiger partial charge is 0.316 e. The highest BCUT2D eigenvalue weighted by Gasteiger charge is 2.29. The summed E-state index contributed by atoms with van der Waals surface area (Å²) >= 11 is 0. The van der Waals surface area contributed by atoms with Crippen molar-refractivity contribution in [3.8, 4) is 0 Å². The van der Waals surface area contributed by atoms with E-state index in [1.807, 2.05) is 0 Å². The topological polar surface area (TPSA) is 15.3 Å². The summed E-state index contributed by atoms with van der Waals surface area (Å²) in [4.78, 5) is 2.67. The maximum Gasteiger partial charge on any atom is 0.0189 e. The summed E-state index contributed by atoms with van der Waals surface area (Å²) in [5, 5.41) is 3.41. The number of rotatable bonds is 4. The normalized spacial score (nSPS) is 35.4. The van der Waals surface area contributed by atoms with Crippen LogP contribution in [0.5, 0.6) is 0 Å². The lowest BCUT2D eigenvalue weighted by molar-refractivity contribution is 0.0707. The van der Waals surface area contributed by atoms with E-state index in [0.717, 1.165) is 17.9 Å². The van der Waals surface area contributed by atoms with E-state index >= 15 is 0 Å². The Balaban J connectivity index is 2.51. The van der Waals surface area contributed by atoms with Gasteiger partial charge in [-0.3, -0.25) is 4.90 Å². The molecule has 0 aromatic rings. The predicted octanol–water partition coefficient (Wildman–Crippen LogP) is 2.35. The molecular formula is C13H28N2. The van der Waals surface area contributed by atoms with Gasteiger partial charge in [-0.15, -0.1) is 0 Å². The molecule has 1 saturated heterocycles.